The highest BCUT2D eigenvalue weighted by molar-refractivity contribution is 8.01. The van der Waals surface area contributed by atoms with Gasteiger partial charge in [0, 0.05) is 25.8 Å². The number of hydrogen-bond donors (Lipinski definition) is 1. The number of hydrogen-bond acceptors (Lipinski definition) is 2. The molecule has 16 heavy (non-hydrogen) atoms. The number of carbonyl (C=O) groups is 1. The summed E-state index contributed by atoms with van der Waals surface area (Å²) in [4.78, 5) is 14.1. The van der Waals surface area contributed by atoms with Gasteiger partial charge in [0.1, 0.15) is 10.9 Å². The Kier molecular flexibility index (Phi) is 2.88. The maximum atomic E-state index is 11.9. The van der Waals surface area contributed by atoms with Gasteiger partial charge in [-0.25, -0.2) is 0 Å². The number of nitrogens with two attached hydrogens (primary N) is 1. The molecule has 2 aliphatic heterocycles. The van der Waals surface area contributed by atoms with E-state index in [-0.39, 0.29) is 0 Å². The molecule has 0 aromatic heterocycles. The van der Waals surface area contributed by atoms with Crippen molar-refractivity contribution in [2.75, 3.05) is 18.8 Å². The summed E-state index contributed by atoms with van der Waals surface area (Å²) in [5.41, 5.74) is 0.367. The Labute approximate surface area is 101 Å². The molecule has 0 aromatic rings. The van der Waals surface area contributed by atoms with E-state index in [1.807, 2.05) is 11.8 Å². The molecule has 1 saturated carbocycles. The van der Waals surface area contributed by atoms with Crippen LogP contribution in [0.25, 0.3) is 0 Å². The van der Waals surface area contributed by atoms with Crippen molar-refractivity contribution in [2.45, 2.75) is 49.4 Å². The van der Waals surface area contributed by atoms with E-state index in [1.54, 1.807) is 0 Å². The van der Waals surface area contributed by atoms with Gasteiger partial charge < -0.3 is 10.2 Å². The van der Waals surface area contributed by atoms with Crippen molar-refractivity contribution in [2.24, 2.45) is 0 Å². The smallest absolute Gasteiger partial charge is 0.233 e. The average Bonchev–Trinajstić information content (AvgIpc) is 2.59. The van der Waals surface area contributed by atoms with Gasteiger partial charge >= 0.3 is 0 Å². The lowest BCUT2D eigenvalue weighted by atomic mass is 9.81. The Morgan fingerprint density at radius 1 is 1.25 bits per heavy atom. The summed E-state index contributed by atoms with van der Waals surface area (Å²) >= 11 is 1.90. The van der Waals surface area contributed by atoms with E-state index in [4.69, 9.17) is 0 Å². The summed E-state index contributed by atoms with van der Waals surface area (Å²) in [7, 11) is 0. The predicted octanol–water partition coefficient (Wildman–Crippen LogP) is 0.558. The Morgan fingerprint density at radius 3 is 2.88 bits per heavy atom. The molecule has 2 heterocycles. The minimum Gasteiger partial charge on any atom is -0.339 e. The van der Waals surface area contributed by atoms with Crippen LogP contribution < -0.4 is 5.32 Å². The Balaban J connectivity index is 1.87. The third-order valence-electron chi connectivity index (χ3n) is 4.40. The molecular formula is C12H21N2OS+. The molecule has 3 nitrogen and oxygen atoms in total. The number of rotatable bonds is 0. The van der Waals surface area contributed by atoms with Crippen LogP contribution in [0.15, 0.2) is 0 Å². The maximum absolute atomic E-state index is 11.9. The first-order valence-corrected chi connectivity index (χ1v) is 7.62. The molecule has 2 N–H and O–H groups in total. The van der Waals surface area contributed by atoms with Crippen LogP contribution >= 0.6 is 11.8 Å². The van der Waals surface area contributed by atoms with Gasteiger partial charge in [-0.3, -0.25) is 4.79 Å². The van der Waals surface area contributed by atoms with Crippen molar-refractivity contribution in [3.63, 3.8) is 0 Å². The third-order valence-corrected chi connectivity index (χ3v) is 5.85. The molecule has 1 aliphatic carbocycles. The molecule has 3 fully saturated rings. The van der Waals surface area contributed by atoms with Gasteiger partial charge in [0.15, 0.2) is 0 Å². The van der Waals surface area contributed by atoms with E-state index in [0.717, 1.165) is 12.3 Å². The van der Waals surface area contributed by atoms with Crippen LogP contribution in [0.5, 0.6) is 0 Å². The molecule has 1 unspecified atom stereocenters. The Morgan fingerprint density at radius 2 is 2.06 bits per heavy atom. The van der Waals surface area contributed by atoms with Crippen molar-refractivity contribution in [1.82, 2.24) is 4.90 Å². The summed E-state index contributed by atoms with van der Waals surface area (Å²) in [6, 6.07) is 0. The van der Waals surface area contributed by atoms with Crippen LogP contribution in [-0.4, -0.2) is 40.6 Å². The Bertz CT molecular complexity index is 289. The molecule has 3 aliphatic rings. The number of fused-ring (bicyclic) bond motifs is 2. The minimum absolute atomic E-state index is 0.367. The van der Waals surface area contributed by atoms with Gasteiger partial charge in [-0.1, -0.05) is 6.42 Å². The second-order valence-corrected chi connectivity index (χ2v) is 6.46. The van der Waals surface area contributed by atoms with Crippen molar-refractivity contribution in [1.29, 1.82) is 0 Å². The maximum Gasteiger partial charge on any atom is 0.233 e. The fraction of sp³-hybridized carbons (Fsp3) is 0.917. The summed E-state index contributed by atoms with van der Waals surface area (Å²) < 4.78 is 0. The van der Waals surface area contributed by atoms with Crippen LogP contribution in [0.4, 0.5) is 0 Å². The van der Waals surface area contributed by atoms with Crippen LogP contribution in [0, 0.1) is 0 Å². The molecule has 1 atom stereocenters. The average molecular weight is 241 g/mol. The summed E-state index contributed by atoms with van der Waals surface area (Å²) in [5, 5.41) is 3.05. The van der Waals surface area contributed by atoms with Crippen LogP contribution in [0.1, 0.15) is 38.5 Å². The second-order valence-electron chi connectivity index (χ2n) is 5.39. The molecule has 4 heteroatoms. The van der Waals surface area contributed by atoms with Crippen LogP contribution in [0.2, 0.25) is 0 Å². The van der Waals surface area contributed by atoms with E-state index in [0.29, 0.717) is 16.8 Å². The number of carbonyl (C=O) groups excluding carboxylic acids is 1. The van der Waals surface area contributed by atoms with Crippen molar-refractivity contribution in [3.05, 3.63) is 0 Å². The highest BCUT2D eigenvalue weighted by Gasteiger charge is 2.51. The highest BCUT2D eigenvalue weighted by atomic mass is 32.2. The van der Waals surface area contributed by atoms with Crippen molar-refractivity contribution >= 4 is 17.7 Å². The molecule has 3 rings (SSSR count). The topological polar surface area (TPSA) is 36.9 Å². The quantitative estimate of drug-likeness (QED) is 0.673. The van der Waals surface area contributed by atoms with E-state index in [2.05, 4.69) is 10.2 Å². The molecule has 1 spiro atoms. The first kappa shape index (κ1) is 10.9. The summed E-state index contributed by atoms with van der Waals surface area (Å²) in [5.74, 6) is 1.11. The van der Waals surface area contributed by atoms with Gasteiger partial charge in [-0.2, -0.15) is 0 Å². The van der Waals surface area contributed by atoms with Crippen LogP contribution in [0.3, 0.4) is 0 Å². The Hall–Kier alpha value is -0.220. The van der Waals surface area contributed by atoms with Gasteiger partial charge in [0.2, 0.25) is 5.91 Å². The molecule has 1 amide bonds. The summed E-state index contributed by atoms with van der Waals surface area (Å²) in [6.45, 7) is 2.20. The number of amides is 1. The van der Waals surface area contributed by atoms with Crippen molar-refractivity contribution in [3.8, 4) is 0 Å². The SMILES string of the molecule is O=C1CSC2N1CCC[NH2+]C21CCCCC1. The fourth-order valence-electron chi connectivity index (χ4n) is 3.59. The molecule has 2 saturated heterocycles. The molecule has 0 radical (unpaired) electrons. The molecule has 0 bridgehead atoms. The molecule has 0 aromatic carbocycles. The normalized spacial score (nSPS) is 33.9. The molecular weight excluding hydrogens is 220 g/mol. The zero-order valence-electron chi connectivity index (χ0n) is 9.78. The van der Waals surface area contributed by atoms with Gasteiger partial charge in [-0.15, -0.1) is 11.8 Å². The van der Waals surface area contributed by atoms with E-state index >= 15 is 0 Å². The zero-order valence-corrected chi connectivity index (χ0v) is 10.6. The van der Waals surface area contributed by atoms with E-state index in [9.17, 15) is 4.79 Å². The first-order chi connectivity index (χ1) is 7.82. The monoisotopic (exact) mass is 241 g/mol. The minimum atomic E-state index is 0.367. The lowest BCUT2D eigenvalue weighted by Crippen LogP contribution is -2.99. The van der Waals surface area contributed by atoms with Gasteiger partial charge in [0.25, 0.3) is 0 Å². The van der Waals surface area contributed by atoms with Crippen molar-refractivity contribution < 1.29 is 10.1 Å². The lowest BCUT2D eigenvalue weighted by molar-refractivity contribution is -0.729. The summed E-state index contributed by atoms with van der Waals surface area (Å²) in [6.07, 6.45) is 7.90. The highest BCUT2D eigenvalue weighted by Crippen LogP contribution is 2.39. The second kappa shape index (κ2) is 4.22. The largest absolute Gasteiger partial charge is 0.339 e. The number of nitrogens with zero attached hydrogens (tertiary/aromatic N) is 1. The first-order valence-electron chi connectivity index (χ1n) is 6.57. The number of quaternary nitrogens is 1. The standard InChI is InChI=1S/C12H20N2OS/c15-10-9-16-11-12(5-2-1-3-6-12)13-7-4-8-14(10)11/h11,13H,1-9H2/p+1. The predicted molar refractivity (Wildman–Crippen MR) is 65.2 cm³/mol. The molecule has 90 valence electrons. The zero-order chi connectivity index (χ0) is 11.0. The number of thioether (sulfide) groups is 1. The van der Waals surface area contributed by atoms with Gasteiger partial charge in [-0.05, 0) is 12.8 Å². The van der Waals surface area contributed by atoms with Gasteiger partial charge in [0.05, 0.1) is 12.3 Å². The fourth-order valence-corrected chi connectivity index (χ4v) is 5.12. The van der Waals surface area contributed by atoms with Crippen LogP contribution in [-0.2, 0) is 4.79 Å². The van der Waals surface area contributed by atoms with E-state index < -0.39 is 0 Å². The lowest BCUT2D eigenvalue weighted by Gasteiger charge is -2.40. The third kappa shape index (κ3) is 1.66. The van der Waals surface area contributed by atoms with E-state index in [1.165, 1.54) is 45.1 Å².